The number of benzene rings is 1. The molecular formula is C23H23ClN2O4S. The minimum atomic E-state index is -1.04. The van der Waals surface area contributed by atoms with Crippen molar-refractivity contribution in [1.29, 1.82) is 0 Å². The summed E-state index contributed by atoms with van der Waals surface area (Å²) in [5.41, 5.74) is 2.42. The number of halogens is 1. The quantitative estimate of drug-likeness (QED) is 0.401. The molecular weight excluding hydrogens is 436 g/mol. The van der Waals surface area contributed by atoms with Crippen LogP contribution in [0.25, 0.3) is 11.1 Å². The lowest BCUT2D eigenvalue weighted by Crippen LogP contribution is -2.11. The van der Waals surface area contributed by atoms with E-state index in [4.69, 9.17) is 11.6 Å². The number of aromatic nitrogens is 2. The number of nitrogens with zero attached hydrogens (tertiary/aromatic N) is 2. The molecule has 0 saturated heterocycles. The predicted molar refractivity (Wildman–Crippen MR) is 123 cm³/mol. The van der Waals surface area contributed by atoms with Gasteiger partial charge in [0.15, 0.2) is 0 Å². The molecule has 2 N–H and O–H groups in total. The van der Waals surface area contributed by atoms with Gasteiger partial charge in [0.05, 0.1) is 29.6 Å². The number of rotatable bonds is 9. The van der Waals surface area contributed by atoms with Gasteiger partial charge in [-0.2, -0.15) is 0 Å². The lowest BCUT2D eigenvalue weighted by atomic mass is 10.0. The Bertz CT molecular complexity index is 1130. The fourth-order valence-corrected chi connectivity index (χ4v) is 4.46. The van der Waals surface area contributed by atoms with Crippen molar-refractivity contribution in [1.82, 2.24) is 9.55 Å². The van der Waals surface area contributed by atoms with E-state index in [1.807, 2.05) is 16.0 Å². The van der Waals surface area contributed by atoms with Gasteiger partial charge in [-0.25, -0.2) is 14.6 Å². The van der Waals surface area contributed by atoms with Crippen LogP contribution in [0.2, 0.25) is 5.02 Å². The summed E-state index contributed by atoms with van der Waals surface area (Å²) >= 11 is 7.75. The summed E-state index contributed by atoms with van der Waals surface area (Å²) in [5.74, 6) is -1.20. The number of aryl methyl sites for hydroxylation is 1. The first-order valence-corrected chi connectivity index (χ1v) is 11.1. The van der Waals surface area contributed by atoms with Crippen LogP contribution in [0.15, 0.2) is 41.9 Å². The Balaban J connectivity index is 2.11. The van der Waals surface area contributed by atoms with Gasteiger partial charge >= 0.3 is 11.9 Å². The largest absolute Gasteiger partial charge is 0.478 e. The van der Waals surface area contributed by atoms with E-state index in [1.54, 1.807) is 25.3 Å². The summed E-state index contributed by atoms with van der Waals surface area (Å²) in [6.45, 7) is 4.25. The van der Waals surface area contributed by atoms with E-state index < -0.39 is 11.9 Å². The van der Waals surface area contributed by atoms with Gasteiger partial charge in [-0.05, 0) is 48.1 Å². The summed E-state index contributed by atoms with van der Waals surface area (Å²) < 4.78 is 1.98. The highest BCUT2D eigenvalue weighted by Crippen LogP contribution is 2.31. The number of unbranched alkanes of at least 4 members (excludes halogenated alkanes) is 1. The Morgan fingerprint density at radius 3 is 2.58 bits per heavy atom. The lowest BCUT2D eigenvalue weighted by Gasteiger charge is -2.15. The van der Waals surface area contributed by atoms with Crippen LogP contribution >= 0.6 is 22.9 Å². The first kappa shape index (κ1) is 22.8. The van der Waals surface area contributed by atoms with E-state index in [0.717, 1.165) is 30.7 Å². The third-order valence-corrected chi connectivity index (χ3v) is 6.30. The van der Waals surface area contributed by atoms with Crippen LogP contribution in [0.5, 0.6) is 0 Å². The SMILES string of the molecule is CCCCc1ncc(C(C)=C(C(=O)O)c2cccs2)n1Cc1ccc(C(=O)O)cc1Cl. The maximum absolute atomic E-state index is 12.1. The van der Waals surface area contributed by atoms with E-state index in [2.05, 4.69) is 11.9 Å². The van der Waals surface area contributed by atoms with Gasteiger partial charge in [0.25, 0.3) is 0 Å². The van der Waals surface area contributed by atoms with Crippen molar-refractivity contribution in [2.24, 2.45) is 0 Å². The molecule has 2 aromatic heterocycles. The second kappa shape index (κ2) is 9.94. The van der Waals surface area contributed by atoms with E-state index in [-0.39, 0.29) is 11.1 Å². The average molecular weight is 459 g/mol. The molecule has 0 atom stereocenters. The number of hydrogen-bond acceptors (Lipinski definition) is 4. The normalized spacial score (nSPS) is 12.0. The van der Waals surface area contributed by atoms with Crippen molar-refractivity contribution < 1.29 is 19.8 Å². The number of hydrogen-bond donors (Lipinski definition) is 2. The van der Waals surface area contributed by atoms with Crippen molar-refractivity contribution in [3.05, 3.63) is 74.5 Å². The second-order valence-corrected chi connectivity index (χ2v) is 8.50. The smallest absolute Gasteiger partial charge is 0.337 e. The van der Waals surface area contributed by atoms with E-state index >= 15 is 0 Å². The Labute approximate surface area is 189 Å². The first-order chi connectivity index (χ1) is 14.8. The maximum atomic E-state index is 12.1. The van der Waals surface area contributed by atoms with E-state index in [1.165, 1.54) is 23.5 Å². The summed E-state index contributed by atoms with van der Waals surface area (Å²) in [6.07, 6.45) is 4.40. The van der Waals surface area contributed by atoms with Crippen molar-refractivity contribution in [2.75, 3.05) is 0 Å². The fraction of sp³-hybridized carbons (Fsp3) is 0.261. The van der Waals surface area contributed by atoms with Crippen LogP contribution in [0, 0.1) is 0 Å². The number of carbonyl (C=O) groups is 2. The van der Waals surface area contributed by atoms with Crippen molar-refractivity contribution in [3.8, 4) is 0 Å². The summed E-state index contributed by atoms with van der Waals surface area (Å²) in [7, 11) is 0. The number of thiophene rings is 1. The maximum Gasteiger partial charge on any atom is 0.337 e. The first-order valence-electron chi connectivity index (χ1n) is 9.88. The van der Waals surface area contributed by atoms with Crippen LogP contribution < -0.4 is 0 Å². The molecule has 0 aliphatic carbocycles. The van der Waals surface area contributed by atoms with Crippen LogP contribution in [0.3, 0.4) is 0 Å². The van der Waals surface area contributed by atoms with Gasteiger partial charge in [0, 0.05) is 16.3 Å². The molecule has 31 heavy (non-hydrogen) atoms. The molecule has 0 aliphatic heterocycles. The standard InChI is InChI=1S/C23H23ClN2O4S/c1-3-4-7-20-25-12-18(14(2)21(23(29)30)19-6-5-10-31-19)26(20)13-16-9-8-15(22(27)28)11-17(16)24/h5-6,8-12H,3-4,7,13H2,1-2H3,(H,27,28)(H,29,30). The molecule has 0 fully saturated rings. The van der Waals surface area contributed by atoms with Gasteiger partial charge in [0.2, 0.25) is 0 Å². The minimum Gasteiger partial charge on any atom is -0.478 e. The summed E-state index contributed by atoms with van der Waals surface area (Å²) in [5, 5.41) is 21.3. The number of carboxylic acid groups (broad SMARTS) is 2. The molecule has 3 rings (SSSR count). The zero-order chi connectivity index (χ0) is 22.5. The minimum absolute atomic E-state index is 0.118. The number of aliphatic carboxylic acids is 1. The number of imidazole rings is 1. The highest BCUT2D eigenvalue weighted by molar-refractivity contribution is 7.11. The predicted octanol–water partition coefficient (Wildman–Crippen LogP) is 5.70. The van der Waals surface area contributed by atoms with Gasteiger partial charge < -0.3 is 14.8 Å². The Morgan fingerprint density at radius 2 is 2.00 bits per heavy atom. The highest BCUT2D eigenvalue weighted by Gasteiger charge is 2.21. The Kier molecular flexibility index (Phi) is 7.30. The van der Waals surface area contributed by atoms with Crippen molar-refractivity contribution in [3.63, 3.8) is 0 Å². The summed E-state index contributed by atoms with van der Waals surface area (Å²) in [4.78, 5) is 28.5. The zero-order valence-electron chi connectivity index (χ0n) is 17.3. The third kappa shape index (κ3) is 5.06. The molecule has 8 heteroatoms. The molecule has 0 spiro atoms. The number of carboxylic acids is 2. The van der Waals surface area contributed by atoms with Gasteiger partial charge in [-0.15, -0.1) is 11.3 Å². The van der Waals surface area contributed by atoms with Crippen LogP contribution in [0.1, 0.15) is 59.0 Å². The van der Waals surface area contributed by atoms with E-state index in [9.17, 15) is 19.8 Å². The molecule has 0 amide bonds. The third-order valence-electron chi connectivity index (χ3n) is 5.06. The van der Waals surface area contributed by atoms with Crippen molar-refractivity contribution >= 4 is 46.0 Å². The second-order valence-electron chi connectivity index (χ2n) is 7.14. The van der Waals surface area contributed by atoms with Gasteiger partial charge in [-0.1, -0.05) is 37.1 Å². The molecule has 0 saturated carbocycles. The average Bonchev–Trinajstić information content (AvgIpc) is 3.38. The number of allylic oxidation sites excluding steroid dienone is 1. The number of aromatic carboxylic acids is 1. The monoisotopic (exact) mass is 458 g/mol. The molecule has 0 aliphatic rings. The van der Waals surface area contributed by atoms with Gasteiger partial charge in [0.1, 0.15) is 5.82 Å². The molecule has 6 nitrogen and oxygen atoms in total. The molecule has 3 aromatic rings. The van der Waals surface area contributed by atoms with Gasteiger partial charge in [-0.3, -0.25) is 0 Å². The molecule has 0 bridgehead atoms. The zero-order valence-corrected chi connectivity index (χ0v) is 18.8. The van der Waals surface area contributed by atoms with Crippen LogP contribution in [0.4, 0.5) is 0 Å². The molecule has 0 unspecified atom stereocenters. The van der Waals surface area contributed by atoms with E-state index in [0.29, 0.717) is 27.7 Å². The molecule has 162 valence electrons. The lowest BCUT2D eigenvalue weighted by molar-refractivity contribution is -0.130. The Morgan fingerprint density at radius 1 is 1.23 bits per heavy atom. The Hall–Kier alpha value is -2.90. The molecule has 0 radical (unpaired) electrons. The van der Waals surface area contributed by atoms with Crippen LogP contribution in [-0.2, 0) is 17.8 Å². The summed E-state index contributed by atoms with van der Waals surface area (Å²) in [6, 6.07) is 8.25. The van der Waals surface area contributed by atoms with Crippen LogP contribution in [-0.4, -0.2) is 31.7 Å². The van der Waals surface area contributed by atoms with Crippen molar-refractivity contribution in [2.45, 2.75) is 39.7 Å². The molecule has 1 aromatic carbocycles. The fourth-order valence-electron chi connectivity index (χ4n) is 3.40. The highest BCUT2D eigenvalue weighted by atomic mass is 35.5. The molecule has 2 heterocycles. The topological polar surface area (TPSA) is 92.4 Å².